The third-order valence-electron chi connectivity index (χ3n) is 10.9. The molecule has 1 fully saturated rings. The molecule has 2 N–H and O–H groups in total. The van der Waals surface area contributed by atoms with Gasteiger partial charge in [0.15, 0.2) is 12.2 Å². The van der Waals surface area contributed by atoms with E-state index in [1.807, 2.05) is 121 Å². The molecule has 1 saturated heterocycles. The van der Waals surface area contributed by atoms with Gasteiger partial charge in [0.2, 0.25) is 5.91 Å². The summed E-state index contributed by atoms with van der Waals surface area (Å²) in [6, 6.07) is 40.6. The molecule has 5 aromatic carbocycles. The van der Waals surface area contributed by atoms with Crippen LogP contribution in [-0.2, 0) is 28.7 Å². The number of aliphatic hydroxyl groups is 1. The first-order valence-electron chi connectivity index (χ1n) is 19.9. The van der Waals surface area contributed by atoms with E-state index >= 15 is 0 Å². The Kier molecular flexibility index (Phi) is 12.2. The first kappa shape index (κ1) is 40.9. The fourth-order valence-corrected chi connectivity index (χ4v) is 9.20. The summed E-state index contributed by atoms with van der Waals surface area (Å²) in [5.74, 6) is -3.70. The van der Waals surface area contributed by atoms with Gasteiger partial charge in [0.25, 0.3) is 17.7 Å². The first-order chi connectivity index (χ1) is 29.7. The molecule has 0 aliphatic carbocycles. The minimum absolute atomic E-state index is 0.0507. The van der Waals surface area contributed by atoms with E-state index in [1.165, 1.54) is 28.8 Å². The highest BCUT2D eigenvalue weighted by molar-refractivity contribution is 8.00. The van der Waals surface area contributed by atoms with Gasteiger partial charge in [-0.1, -0.05) is 133 Å². The van der Waals surface area contributed by atoms with Crippen molar-refractivity contribution in [3.8, 4) is 0 Å². The van der Waals surface area contributed by atoms with E-state index in [4.69, 9.17) is 9.47 Å². The summed E-state index contributed by atoms with van der Waals surface area (Å²) in [4.78, 5) is 84.9. The van der Waals surface area contributed by atoms with Crippen LogP contribution in [0.15, 0.2) is 157 Å². The molecule has 3 aliphatic heterocycles. The van der Waals surface area contributed by atoms with Crippen LogP contribution >= 0.6 is 11.8 Å². The number of aliphatic hydroxyl groups excluding tert-OH is 1. The lowest BCUT2D eigenvalue weighted by atomic mass is 10.0. The number of ether oxygens (including phenoxy) is 2. The van der Waals surface area contributed by atoms with Gasteiger partial charge in [-0.05, 0) is 52.8 Å². The number of β-lactam (4-membered cyclic amide) rings is 1. The largest absolute Gasteiger partial charge is 0.451 e. The Bertz CT molecular complexity index is 2370. The molecule has 3 atom stereocenters. The van der Waals surface area contributed by atoms with Crippen molar-refractivity contribution in [3.63, 3.8) is 0 Å². The molecule has 4 amide bonds. The summed E-state index contributed by atoms with van der Waals surface area (Å²) in [5.41, 5.74) is 3.43. The Morgan fingerprint density at radius 2 is 1.13 bits per heavy atom. The molecular weight excluding hydrogens is 795 g/mol. The second-order valence-electron chi connectivity index (χ2n) is 14.7. The predicted molar refractivity (Wildman–Crippen MR) is 225 cm³/mol. The Balaban J connectivity index is 0.955. The molecule has 3 heterocycles. The van der Waals surface area contributed by atoms with Crippen molar-refractivity contribution in [1.29, 1.82) is 0 Å². The molecule has 61 heavy (non-hydrogen) atoms. The Hall–Kier alpha value is -6.83. The highest BCUT2D eigenvalue weighted by atomic mass is 32.2. The number of thioether (sulfide) groups is 1. The third-order valence-corrected chi connectivity index (χ3v) is 12.2. The molecule has 12 nitrogen and oxygen atoms in total. The van der Waals surface area contributed by atoms with Crippen molar-refractivity contribution in [3.05, 3.63) is 190 Å². The molecule has 8 rings (SSSR count). The van der Waals surface area contributed by atoms with Crippen LogP contribution in [0.25, 0.3) is 0 Å². The number of nitrogens with one attached hydrogen (secondary N) is 1. The van der Waals surface area contributed by atoms with Crippen LogP contribution in [0.3, 0.4) is 0 Å². The van der Waals surface area contributed by atoms with Crippen LogP contribution in [0, 0.1) is 0 Å². The fraction of sp³-hybridized carbons (Fsp3) is 0.208. The highest BCUT2D eigenvalue weighted by Crippen LogP contribution is 2.42. The van der Waals surface area contributed by atoms with Crippen molar-refractivity contribution < 1.29 is 43.3 Å². The zero-order valence-corrected chi connectivity index (χ0v) is 33.6. The second-order valence-corrected chi connectivity index (χ2v) is 15.8. The number of benzene rings is 5. The molecule has 0 aromatic heterocycles. The molecule has 0 radical (unpaired) electrons. The van der Waals surface area contributed by atoms with Gasteiger partial charge < -0.3 is 19.9 Å². The van der Waals surface area contributed by atoms with E-state index in [-0.39, 0.29) is 41.8 Å². The second kappa shape index (κ2) is 18.2. The van der Waals surface area contributed by atoms with Crippen molar-refractivity contribution in [2.45, 2.75) is 48.9 Å². The number of imide groups is 1. The molecule has 5 aromatic rings. The normalized spacial score (nSPS) is 17.5. The number of nitrogens with zero attached hydrogens (tertiary/aromatic N) is 2. The number of amides is 4. The number of carbonyl (C=O) groups is 6. The number of fused-ring (bicyclic) bond motifs is 2. The van der Waals surface area contributed by atoms with Crippen molar-refractivity contribution >= 4 is 47.3 Å². The monoisotopic (exact) mass is 835 g/mol. The molecular formula is C48H41N3O9S. The molecule has 3 aliphatic rings. The quantitative estimate of drug-likeness (QED) is 0.0714. The standard InChI is InChI=1S/C48H41N3O9S/c52-28-34-29-61-46-39(45(56)51(46)40(34)48(58)60-42(32-20-9-3-10-21-32)33-22-11-4-12-23-33)49-38(53)27-15-26-37(50-43(54)35-24-13-14-25-36(35)44(50)55)47(57)59-41(30-16-5-1-6-17-30)31-18-7-2-8-19-31/h1-14,16-25,37,39,41-42,46,52H,15,26-29H2,(H,49,53)/t37?,39?,46-/m1/s1. The Labute approximate surface area is 356 Å². The third kappa shape index (κ3) is 8.34. The maximum Gasteiger partial charge on any atom is 0.356 e. The average Bonchev–Trinajstić information content (AvgIpc) is 3.56. The van der Waals surface area contributed by atoms with Gasteiger partial charge >= 0.3 is 11.9 Å². The van der Waals surface area contributed by atoms with E-state index in [1.54, 1.807) is 12.1 Å². The molecule has 13 heteroatoms. The summed E-state index contributed by atoms with van der Waals surface area (Å²) in [6.45, 7) is -0.472. The van der Waals surface area contributed by atoms with Gasteiger partial charge in [0, 0.05) is 12.2 Å². The number of carbonyl (C=O) groups excluding carboxylic acids is 6. The van der Waals surface area contributed by atoms with Gasteiger partial charge in [0.05, 0.1) is 17.7 Å². The van der Waals surface area contributed by atoms with Crippen LogP contribution in [0.2, 0.25) is 0 Å². The van der Waals surface area contributed by atoms with Crippen LogP contribution in [0.5, 0.6) is 0 Å². The van der Waals surface area contributed by atoms with Crippen LogP contribution in [-0.4, -0.2) is 80.3 Å². The molecule has 308 valence electrons. The first-order valence-corrected chi connectivity index (χ1v) is 20.9. The maximum atomic E-state index is 14.2. The Morgan fingerprint density at radius 3 is 1.61 bits per heavy atom. The average molecular weight is 836 g/mol. The summed E-state index contributed by atoms with van der Waals surface area (Å²) < 4.78 is 12.2. The summed E-state index contributed by atoms with van der Waals surface area (Å²) >= 11 is 1.30. The number of rotatable bonds is 15. The van der Waals surface area contributed by atoms with Gasteiger partial charge in [-0.2, -0.15) is 0 Å². The van der Waals surface area contributed by atoms with Gasteiger partial charge in [-0.3, -0.25) is 29.0 Å². The topological polar surface area (TPSA) is 160 Å². The lowest BCUT2D eigenvalue weighted by molar-refractivity contribution is -0.155. The van der Waals surface area contributed by atoms with Crippen LogP contribution in [0.4, 0.5) is 0 Å². The van der Waals surface area contributed by atoms with Crippen molar-refractivity contribution in [2.75, 3.05) is 12.4 Å². The lowest BCUT2D eigenvalue weighted by Gasteiger charge is -2.49. The highest BCUT2D eigenvalue weighted by Gasteiger charge is 2.54. The van der Waals surface area contributed by atoms with E-state index in [9.17, 15) is 33.9 Å². The number of hydrogen-bond acceptors (Lipinski definition) is 10. The molecule has 0 spiro atoms. The number of hydrogen-bond donors (Lipinski definition) is 2. The van der Waals surface area contributed by atoms with E-state index < -0.39 is 71.8 Å². The molecule has 0 saturated carbocycles. The van der Waals surface area contributed by atoms with Crippen LogP contribution in [0.1, 0.15) is 74.4 Å². The van der Waals surface area contributed by atoms with Crippen LogP contribution < -0.4 is 5.32 Å². The van der Waals surface area contributed by atoms with Gasteiger partial charge in [-0.15, -0.1) is 11.8 Å². The van der Waals surface area contributed by atoms with Gasteiger partial charge in [-0.25, -0.2) is 9.59 Å². The Morgan fingerprint density at radius 1 is 0.672 bits per heavy atom. The predicted octanol–water partition coefficient (Wildman–Crippen LogP) is 6.13. The van der Waals surface area contributed by atoms with E-state index in [0.717, 1.165) is 16.0 Å². The minimum Gasteiger partial charge on any atom is -0.451 e. The zero-order chi connectivity index (χ0) is 42.5. The molecule has 2 unspecified atom stereocenters. The summed E-state index contributed by atoms with van der Waals surface area (Å²) in [7, 11) is 0. The summed E-state index contributed by atoms with van der Waals surface area (Å²) in [5, 5.41) is 12.4. The SMILES string of the molecule is O=C(CCCC(C(=O)OC(c1ccccc1)c1ccccc1)N1C(=O)c2ccccc2C1=O)NC1C(=O)N2C(C(=O)OC(c3ccccc3)c3ccccc3)=C(CO)CS[C@H]12. The maximum absolute atomic E-state index is 14.2. The summed E-state index contributed by atoms with van der Waals surface area (Å²) in [6.07, 6.45) is -1.83. The zero-order valence-electron chi connectivity index (χ0n) is 32.8. The van der Waals surface area contributed by atoms with Crippen molar-refractivity contribution in [2.24, 2.45) is 0 Å². The van der Waals surface area contributed by atoms with E-state index in [2.05, 4.69) is 5.32 Å². The number of esters is 2. The molecule has 0 bridgehead atoms. The smallest absolute Gasteiger partial charge is 0.356 e. The van der Waals surface area contributed by atoms with Crippen molar-refractivity contribution in [1.82, 2.24) is 15.1 Å². The van der Waals surface area contributed by atoms with E-state index in [0.29, 0.717) is 16.7 Å². The lowest BCUT2D eigenvalue weighted by Crippen LogP contribution is -2.70. The fourth-order valence-electron chi connectivity index (χ4n) is 7.86. The minimum atomic E-state index is -1.36. The van der Waals surface area contributed by atoms with Gasteiger partial charge in [0.1, 0.15) is 23.2 Å².